The molecule has 2 heterocycles. The number of anilines is 1. The Morgan fingerprint density at radius 2 is 2.00 bits per heavy atom. The predicted octanol–water partition coefficient (Wildman–Crippen LogP) is 2.80. The van der Waals surface area contributed by atoms with Crippen LogP contribution in [0.2, 0.25) is 0 Å². The summed E-state index contributed by atoms with van der Waals surface area (Å²) in [6.07, 6.45) is 0. The summed E-state index contributed by atoms with van der Waals surface area (Å²) in [5.74, 6) is -0.398. The van der Waals surface area contributed by atoms with E-state index >= 15 is 0 Å². The summed E-state index contributed by atoms with van der Waals surface area (Å²) < 4.78 is 32.8. The van der Waals surface area contributed by atoms with Crippen LogP contribution < -0.4 is 5.32 Å². The Balaban J connectivity index is 1.88. The van der Waals surface area contributed by atoms with E-state index < -0.39 is 15.9 Å². The van der Waals surface area contributed by atoms with Gasteiger partial charge in [-0.15, -0.1) is 11.3 Å². The van der Waals surface area contributed by atoms with Crippen molar-refractivity contribution in [3.05, 3.63) is 38.8 Å². The fourth-order valence-electron chi connectivity index (χ4n) is 2.46. The Kier molecular flexibility index (Phi) is 5.78. The first kappa shape index (κ1) is 19.4. The third kappa shape index (κ3) is 3.99. The number of carbonyl (C=O) groups excluding carboxylic acids is 1. The molecule has 1 aromatic carbocycles. The minimum atomic E-state index is -3.71. The van der Waals surface area contributed by atoms with Gasteiger partial charge in [-0.05, 0) is 48.0 Å². The number of aromatic nitrogens is 1. The van der Waals surface area contributed by atoms with E-state index in [2.05, 4.69) is 26.2 Å². The van der Waals surface area contributed by atoms with E-state index in [9.17, 15) is 13.2 Å². The lowest BCUT2D eigenvalue weighted by molar-refractivity contribution is 0.0730. The summed E-state index contributed by atoms with van der Waals surface area (Å²) in [6, 6.07) is 4.53. The van der Waals surface area contributed by atoms with Crippen molar-refractivity contribution in [2.24, 2.45) is 0 Å². The number of aryl methyl sites for hydroxylation is 2. The summed E-state index contributed by atoms with van der Waals surface area (Å²) in [5, 5.41) is 3.21. The van der Waals surface area contributed by atoms with Gasteiger partial charge in [0.1, 0.15) is 0 Å². The number of carbonyl (C=O) groups is 1. The molecule has 10 heteroatoms. The summed E-state index contributed by atoms with van der Waals surface area (Å²) in [5.41, 5.74) is 1.11. The number of halogens is 1. The average molecular weight is 460 g/mol. The average Bonchev–Trinajstić information content (AvgIpc) is 2.93. The number of amides is 1. The molecule has 0 bridgehead atoms. The van der Waals surface area contributed by atoms with Crippen LogP contribution in [-0.2, 0) is 14.8 Å². The lowest BCUT2D eigenvalue weighted by atomic mass is 10.2. The zero-order valence-electron chi connectivity index (χ0n) is 14.3. The second-order valence-corrected chi connectivity index (χ2v) is 9.74. The quantitative estimate of drug-likeness (QED) is 0.758. The molecule has 1 aliphatic heterocycles. The second-order valence-electron chi connectivity index (χ2n) is 5.78. The highest BCUT2D eigenvalue weighted by Crippen LogP contribution is 2.28. The largest absolute Gasteiger partial charge is 0.379 e. The number of sulfonamides is 1. The summed E-state index contributed by atoms with van der Waals surface area (Å²) in [6.45, 7) is 5.11. The molecule has 140 valence electrons. The molecule has 1 aliphatic rings. The number of rotatable bonds is 4. The zero-order chi connectivity index (χ0) is 18.9. The molecule has 1 aromatic heterocycles. The molecular formula is C16H18BrN3O4S2. The maximum atomic E-state index is 12.9. The molecule has 0 radical (unpaired) electrons. The van der Waals surface area contributed by atoms with Gasteiger partial charge in [-0.3, -0.25) is 10.1 Å². The van der Waals surface area contributed by atoms with Crippen LogP contribution in [0.3, 0.4) is 0 Å². The second kappa shape index (κ2) is 7.73. The summed E-state index contributed by atoms with van der Waals surface area (Å²) >= 11 is 4.66. The zero-order valence-corrected chi connectivity index (χ0v) is 17.5. The van der Waals surface area contributed by atoms with Crippen LogP contribution in [0.1, 0.15) is 20.9 Å². The topological polar surface area (TPSA) is 88.6 Å². The lowest BCUT2D eigenvalue weighted by Gasteiger charge is -2.26. The van der Waals surface area contributed by atoms with Crippen LogP contribution in [0.5, 0.6) is 0 Å². The Bertz CT molecular complexity index is 917. The van der Waals surface area contributed by atoms with Gasteiger partial charge in [0.2, 0.25) is 10.0 Å². The van der Waals surface area contributed by atoms with E-state index in [1.807, 2.05) is 13.8 Å². The molecule has 7 nitrogen and oxygen atoms in total. The lowest BCUT2D eigenvalue weighted by Crippen LogP contribution is -2.40. The third-order valence-electron chi connectivity index (χ3n) is 4.03. The number of thiazole rings is 1. The van der Waals surface area contributed by atoms with Crippen molar-refractivity contribution in [2.45, 2.75) is 18.7 Å². The van der Waals surface area contributed by atoms with Crippen molar-refractivity contribution in [2.75, 3.05) is 31.6 Å². The van der Waals surface area contributed by atoms with E-state index in [0.717, 1.165) is 10.6 Å². The van der Waals surface area contributed by atoms with Crippen LogP contribution in [0.25, 0.3) is 0 Å². The molecule has 1 N–H and O–H groups in total. The number of hydrogen-bond acceptors (Lipinski definition) is 6. The highest BCUT2D eigenvalue weighted by atomic mass is 79.9. The van der Waals surface area contributed by atoms with E-state index in [-0.39, 0.29) is 10.5 Å². The normalized spacial score (nSPS) is 15.8. The van der Waals surface area contributed by atoms with Crippen LogP contribution in [0.15, 0.2) is 27.6 Å². The highest BCUT2D eigenvalue weighted by molar-refractivity contribution is 9.10. The molecule has 1 amide bonds. The fraction of sp³-hybridized carbons (Fsp3) is 0.375. The molecule has 0 unspecified atom stereocenters. The third-order valence-corrected chi connectivity index (χ3v) is 7.91. The molecular weight excluding hydrogens is 442 g/mol. The number of ether oxygens (including phenoxy) is 1. The van der Waals surface area contributed by atoms with Gasteiger partial charge in [0.25, 0.3) is 5.91 Å². The number of hydrogen-bond donors (Lipinski definition) is 1. The van der Waals surface area contributed by atoms with E-state index in [1.165, 1.54) is 21.7 Å². The van der Waals surface area contributed by atoms with E-state index in [4.69, 9.17) is 4.74 Å². The smallest absolute Gasteiger partial charge is 0.257 e. The van der Waals surface area contributed by atoms with Crippen molar-refractivity contribution in [1.82, 2.24) is 9.29 Å². The summed E-state index contributed by atoms with van der Waals surface area (Å²) in [4.78, 5) is 17.9. The molecule has 0 spiro atoms. The molecule has 0 saturated carbocycles. The SMILES string of the molecule is Cc1nc(NC(=O)c2ccc(Br)c(S(=O)(=O)N3CCOCC3)c2)sc1C. The minimum absolute atomic E-state index is 0.0681. The van der Waals surface area contributed by atoms with Gasteiger partial charge < -0.3 is 4.74 Å². The van der Waals surface area contributed by atoms with Crippen LogP contribution in [-0.4, -0.2) is 49.9 Å². The molecule has 3 rings (SSSR count). The van der Waals surface area contributed by atoms with Crippen molar-refractivity contribution in [3.63, 3.8) is 0 Å². The van der Waals surface area contributed by atoms with Gasteiger partial charge in [0.05, 0.1) is 23.8 Å². The number of morpholine rings is 1. The fourth-order valence-corrected chi connectivity index (χ4v) is 5.63. The molecule has 1 fully saturated rings. The van der Waals surface area contributed by atoms with Gasteiger partial charge in [-0.2, -0.15) is 4.31 Å². The first-order chi connectivity index (χ1) is 12.3. The van der Waals surface area contributed by atoms with Gasteiger partial charge in [0.15, 0.2) is 5.13 Å². The van der Waals surface area contributed by atoms with Gasteiger partial charge in [-0.25, -0.2) is 13.4 Å². The van der Waals surface area contributed by atoms with Crippen molar-refractivity contribution >= 4 is 48.3 Å². The maximum Gasteiger partial charge on any atom is 0.257 e. The molecule has 26 heavy (non-hydrogen) atoms. The minimum Gasteiger partial charge on any atom is -0.379 e. The van der Waals surface area contributed by atoms with E-state index in [1.54, 1.807) is 12.1 Å². The van der Waals surface area contributed by atoms with Crippen LogP contribution in [0.4, 0.5) is 5.13 Å². The first-order valence-electron chi connectivity index (χ1n) is 7.92. The Labute approximate surface area is 164 Å². The number of benzene rings is 1. The maximum absolute atomic E-state index is 12.9. The standard InChI is InChI=1S/C16H18BrN3O4S2/c1-10-11(2)25-16(18-10)19-15(21)12-3-4-13(17)14(9-12)26(22,23)20-5-7-24-8-6-20/h3-4,9H,5-8H2,1-2H3,(H,18,19,21). The first-order valence-corrected chi connectivity index (χ1v) is 11.0. The van der Waals surface area contributed by atoms with Crippen molar-refractivity contribution in [1.29, 1.82) is 0 Å². The predicted molar refractivity (Wildman–Crippen MR) is 103 cm³/mol. The monoisotopic (exact) mass is 459 g/mol. The van der Waals surface area contributed by atoms with Crippen molar-refractivity contribution in [3.8, 4) is 0 Å². The Morgan fingerprint density at radius 1 is 1.31 bits per heavy atom. The number of nitrogens with one attached hydrogen (secondary N) is 1. The molecule has 0 aliphatic carbocycles. The highest BCUT2D eigenvalue weighted by Gasteiger charge is 2.29. The molecule has 1 saturated heterocycles. The van der Waals surface area contributed by atoms with Gasteiger partial charge >= 0.3 is 0 Å². The van der Waals surface area contributed by atoms with Crippen LogP contribution >= 0.6 is 27.3 Å². The van der Waals surface area contributed by atoms with Gasteiger partial charge in [0, 0.05) is 28.0 Å². The molecule has 0 atom stereocenters. The van der Waals surface area contributed by atoms with E-state index in [0.29, 0.717) is 35.9 Å². The molecule has 2 aromatic rings. The number of nitrogens with zero attached hydrogens (tertiary/aromatic N) is 2. The summed E-state index contributed by atoms with van der Waals surface area (Å²) in [7, 11) is -3.71. The Morgan fingerprint density at radius 3 is 2.62 bits per heavy atom. The van der Waals surface area contributed by atoms with Gasteiger partial charge in [-0.1, -0.05) is 0 Å². The Hall–Kier alpha value is -1.33. The van der Waals surface area contributed by atoms with Crippen LogP contribution in [0, 0.1) is 13.8 Å². The van der Waals surface area contributed by atoms with Crippen molar-refractivity contribution < 1.29 is 17.9 Å².